The van der Waals surface area contributed by atoms with E-state index in [1.165, 1.54) is 0 Å². The van der Waals surface area contributed by atoms with Gasteiger partial charge in [0.05, 0.1) is 12.1 Å². The van der Waals surface area contributed by atoms with Crippen molar-refractivity contribution in [1.29, 1.82) is 0 Å². The van der Waals surface area contributed by atoms with E-state index in [0.29, 0.717) is 6.54 Å². The van der Waals surface area contributed by atoms with Gasteiger partial charge in [-0.05, 0) is 6.42 Å². The van der Waals surface area contributed by atoms with Gasteiger partial charge in [-0.15, -0.1) is 5.10 Å². The third kappa shape index (κ3) is 1.70. The average molecular weight is 234 g/mol. The molecule has 1 aliphatic rings. The van der Waals surface area contributed by atoms with Crippen LogP contribution in [0.2, 0.25) is 0 Å². The second-order valence-corrected chi connectivity index (χ2v) is 4.13. The fraction of sp³-hybridized carbons (Fsp3) is 0.455. The smallest absolute Gasteiger partial charge is 0.231 e. The second kappa shape index (κ2) is 3.89. The van der Waals surface area contributed by atoms with Gasteiger partial charge in [0.2, 0.25) is 6.79 Å². The molecule has 1 unspecified atom stereocenters. The van der Waals surface area contributed by atoms with Crippen LogP contribution in [0.15, 0.2) is 12.1 Å². The maximum atomic E-state index is 5.92. The van der Waals surface area contributed by atoms with Crippen LogP contribution in [0.5, 0.6) is 11.5 Å². The van der Waals surface area contributed by atoms with Crippen LogP contribution in [0.25, 0.3) is 11.0 Å². The zero-order valence-electron chi connectivity index (χ0n) is 9.59. The van der Waals surface area contributed by atoms with Gasteiger partial charge in [0.1, 0.15) is 5.52 Å². The number of nitrogens with two attached hydrogens (primary N) is 1. The number of aromatic nitrogens is 3. The largest absolute Gasteiger partial charge is 0.454 e. The Labute approximate surface area is 98.3 Å². The molecule has 1 aromatic heterocycles. The summed E-state index contributed by atoms with van der Waals surface area (Å²) in [6.07, 6.45) is 0.909. The molecule has 0 fully saturated rings. The number of ether oxygens (including phenoxy) is 2. The Morgan fingerprint density at radius 1 is 1.41 bits per heavy atom. The normalized spacial score (nSPS) is 15.4. The summed E-state index contributed by atoms with van der Waals surface area (Å²) < 4.78 is 12.4. The fourth-order valence-electron chi connectivity index (χ4n) is 1.84. The molecule has 90 valence electrons. The Bertz CT molecular complexity index is 552. The van der Waals surface area contributed by atoms with Gasteiger partial charge in [-0.25, -0.2) is 4.68 Å². The number of fused-ring (bicyclic) bond motifs is 2. The summed E-state index contributed by atoms with van der Waals surface area (Å²) >= 11 is 0. The first kappa shape index (κ1) is 10.3. The molecule has 17 heavy (non-hydrogen) atoms. The minimum absolute atomic E-state index is 0.0883. The molecule has 0 amide bonds. The highest BCUT2D eigenvalue weighted by atomic mass is 16.7. The molecule has 2 N–H and O–H groups in total. The highest BCUT2D eigenvalue weighted by Crippen LogP contribution is 2.35. The quantitative estimate of drug-likeness (QED) is 0.853. The van der Waals surface area contributed by atoms with Crippen molar-refractivity contribution >= 4 is 11.0 Å². The highest BCUT2D eigenvalue weighted by Gasteiger charge is 2.17. The molecule has 2 heterocycles. The SMILES string of the molecule is CCC(N)Cn1nnc2cc3c(cc21)OCO3. The first-order chi connectivity index (χ1) is 8.28. The van der Waals surface area contributed by atoms with Crippen molar-refractivity contribution in [1.82, 2.24) is 15.0 Å². The number of benzene rings is 1. The molecule has 0 bridgehead atoms. The predicted octanol–water partition coefficient (Wildman–Crippen LogP) is 0.897. The Hall–Kier alpha value is -1.82. The summed E-state index contributed by atoms with van der Waals surface area (Å²) in [4.78, 5) is 0. The molecule has 6 heteroatoms. The Kier molecular flexibility index (Phi) is 2.36. The highest BCUT2D eigenvalue weighted by molar-refractivity contribution is 5.79. The van der Waals surface area contributed by atoms with E-state index < -0.39 is 0 Å². The van der Waals surface area contributed by atoms with Crippen LogP contribution in [0.4, 0.5) is 0 Å². The molecular weight excluding hydrogens is 220 g/mol. The van der Waals surface area contributed by atoms with Crippen molar-refractivity contribution in [2.75, 3.05) is 6.79 Å². The molecule has 1 aliphatic heterocycles. The van der Waals surface area contributed by atoms with E-state index in [2.05, 4.69) is 17.2 Å². The Morgan fingerprint density at radius 3 is 2.94 bits per heavy atom. The van der Waals surface area contributed by atoms with Crippen LogP contribution in [-0.4, -0.2) is 27.8 Å². The lowest BCUT2D eigenvalue weighted by Gasteiger charge is -2.08. The van der Waals surface area contributed by atoms with E-state index >= 15 is 0 Å². The molecule has 2 aromatic rings. The molecule has 6 nitrogen and oxygen atoms in total. The predicted molar refractivity (Wildman–Crippen MR) is 61.9 cm³/mol. The van der Waals surface area contributed by atoms with E-state index in [1.807, 2.05) is 16.8 Å². The van der Waals surface area contributed by atoms with Crippen LogP contribution in [-0.2, 0) is 6.54 Å². The Balaban J connectivity index is 2.03. The lowest BCUT2D eigenvalue weighted by molar-refractivity contribution is 0.174. The van der Waals surface area contributed by atoms with Crippen molar-refractivity contribution in [2.24, 2.45) is 5.73 Å². The number of nitrogens with zero attached hydrogens (tertiary/aromatic N) is 3. The van der Waals surface area contributed by atoms with Crippen molar-refractivity contribution in [3.63, 3.8) is 0 Å². The van der Waals surface area contributed by atoms with E-state index in [1.54, 1.807) is 0 Å². The maximum absolute atomic E-state index is 5.92. The first-order valence-electron chi connectivity index (χ1n) is 5.66. The molecule has 0 saturated heterocycles. The minimum Gasteiger partial charge on any atom is -0.454 e. The van der Waals surface area contributed by atoms with Crippen LogP contribution in [0, 0.1) is 0 Å². The first-order valence-corrected chi connectivity index (χ1v) is 5.66. The number of hydrogen-bond acceptors (Lipinski definition) is 5. The van der Waals surface area contributed by atoms with Gasteiger partial charge in [0.25, 0.3) is 0 Å². The zero-order valence-corrected chi connectivity index (χ0v) is 9.59. The molecule has 3 rings (SSSR count). The van der Waals surface area contributed by atoms with E-state index in [4.69, 9.17) is 15.2 Å². The summed E-state index contributed by atoms with van der Waals surface area (Å²) in [5, 5.41) is 8.20. The van der Waals surface area contributed by atoms with Crippen molar-refractivity contribution in [2.45, 2.75) is 25.9 Å². The molecule has 0 aliphatic carbocycles. The van der Waals surface area contributed by atoms with E-state index in [9.17, 15) is 0 Å². The van der Waals surface area contributed by atoms with Gasteiger partial charge in [0, 0.05) is 18.2 Å². The van der Waals surface area contributed by atoms with Gasteiger partial charge in [0.15, 0.2) is 11.5 Å². The summed E-state index contributed by atoms with van der Waals surface area (Å²) in [6, 6.07) is 3.84. The molecule has 0 spiro atoms. The van der Waals surface area contributed by atoms with Gasteiger partial charge >= 0.3 is 0 Å². The summed E-state index contributed by atoms with van der Waals surface area (Å²) in [7, 11) is 0. The van der Waals surface area contributed by atoms with Crippen molar-refractivity contribution in [3.05, 3.63) is 12.1 Å². The van der Waals surface area contributed by atoms with Gasteiger partial charge in [-0.3, -0.25) is 0 Å². The molecule has 1 atom stereocenters. The number of hydrogen-bond donors (Lipinski definition) is 1. The third-order valence-electron chi connectivity index (χ3n) is 2.94. The van der Waals surface area contributed by atoms with Gasteiger partial charge in [-0.1, -0.05) is 12.1 Å². The molecule has 1 aromatic carbocycles. The molecular formula is C11H14N4O2. The monoisotopic (exact) mass is 234 g/mol. The Morgan fingerprint density at radius 2 is 2.18 bits per heavy atom. The standard InChI is InChI=1S/C11H14N4O2/c1-2-7(12)5-15-9-4-11-10(16-6-17-11)3-8(9)13-14-15/h3-4,7H,2,5-6,12H2,1H3. The average Bonchev–Trinajstić information content (AvgIpc) is 2.93. The summed E-state index contributed by atoms with van der Waals surface area (Å²) in [6.45, 7) is 2.98. The van der Waals surface area contributed by atoms with Gasteiger partial charge < -0.3 is 15.2 Å². The van der Waals surface area contributed by atoms with Gasteiger partial charge in [-0.2, -0.15) is 0 Å². The lowest BCUT2D eigenvalue weighted by Crippen LogP contribution is -2.25. The fourth-order valence-corrected chi connectivity index (χ4v) is 1.84. The lowest BCUT2D eigenvalue weighted by atomic mass is 10.2. The molecule has 0 radical (unpaired) electrons. The summed E-state index contributed by atoms with van der Waals surface area (Å²) in [5.74, 6) is 1.47. The maximum Gasteiger partial charge on any atom is 0.231 e. The van der Waals surface area contributed by atoms with Crippen molar-refractivity contribution < 1.29 is 9.47 Å². The van der Waals surface area contributed by atoms with E-state index in [0.717, 1.165) is 29.0 Å². The minimum atomic E-state index is 0.0883. The number of rotatable bonds is 3. The van der Waals surface area contributed by atoms with Crippen molar-refractivity contribution in [3.8, 4) is 11.5 Å². The molecule has 0 saturated carbocycles. The van der Waals surface area contributed by atoms with Crippen LogP contribution < -0.4 is 15.2 Å². The summed E-state index contributed by atoms with van der Waals surface area (Å²) in [5.41, 5.74) is 7.66. The third-order valence-corrected chi connectivity index (χ3v) is 2.94. The van der Waals surface area contributed by atoms with Crippen LogP contribution in [0.1, 0.15) is 13.3 Å². The van der Waals surface area contributed by atoms with E-state index in [-0.39, 0.29) is 12.8 Å². The van der Waals surface area contributed by atoms with Crippen LogP contribution in [0.3, 0.4) is 0 Å². The zero-order chi connectivity index (χ0) is 11.8. The topological polar surface area (TPSA) is 75.2 Å². The van der Waals surface area contributed by atoms with Crippen LogP contribution >= 0.6 is 0 Å². The second-order valence-electron chi connectivity index (χ2n) is 4.13.